The van der Waals surface area contributed by atoms with E-state index in [1.165, 1.54) is 0 Å². The van der Waals surface area contributed by atoms with Gasteiger partial charge in [0, 0.05) is 24.9 Å². The molecular formula is C14H16IN5. The molecule has 20 heavy (non-hydrogen) atoms. The summed E-state index contributed by atoms with van der Waals surface area (Å²) in [6.45, 7) is 2.10. The van der Waals surface area contributed by atoms with Gasteiger partial charge in [0.15, 0.2) is 5.82 Å². The van der Waals surface area contributed by atoms with Crippen molar-refractivity contribution >= 4 is 28.2 Å². The third-order valence-electron chi connectivity index (χ3n) is 3.36. The molecule has 6 heteroatoms. The lowest BCUT2D eigenvalue weighted by molar-refractivity contribution is 0.629. The van der Waals surface area contributed by atoms with E-state index in [1.807, 2.05) is 41.5 Å². The van der Waals surface area contributed by atoms with E-state index in [0.29, 0.717) is 0 Å². The molecule has 5 nitrogen and oxygen atoms in total. The molecule has 0 aromatic carbocycles. The van der Waals surface area contributed by atoms with E-state index in [-0.39, 0.29) is 6.04 Å². The fourth-order valence-corrected chi connectivity index (χ4v) is 2.61. The van der Waals surface area contributed by atoms with E-state index >= 15 is 0 Å². The molecule has 3 aromatic heterocycles. The topological polar surface area (TPSA) is 61.1 Å². The minimum Gasteiger partial charge on any atom is -0.327 e. The molecule has 0 aliphatic heterocycles. The molecule has 1 atom stereocenters. The highest BCUT2D eigenvalue weighted by atomic mass is 127. The average Bonchev–Trinajstić information content (AvgIpc) is 3.03. The van der Waals surface area contributed by atoms with E-state index in [9.17, 15) is 0 Å². The highest BCUT2D eigenvalue weighted by molar-refractivity contribution is 14.1. The molecule has 0 radical (unpaired) electrons. The van der Waals surface area contributed by atoms with Crippen molar-refractivity contribution in [2.24, 2.45) is 5.73 Å². The second kappa shape index (κ2) is 5.53. The quantitative estimate of drug-likeness (QED) is 0.707. The third-order valence-corrected chi connectivity index (χ3v) is 3.91. The van der Waals surface area contributed by atoms with E-state index in [2.05, 4.69) is 44.0 Å². The van der Waals surface area contributed by atoms with Crippen LogP contribution in [0.1, 0.15) is 19.0 Å². The fourth-order valence-electron chi connectivity index (χ4n) is 2.22. The Labute approximate surface area is 130 Å². The first-order valence-corrected chi connectivity index (χ1v) is 7.69. The number of halogens is 1. The Morgan fingerprint density at radius 2 is 2.25 bits per heavy atom. The van der Waals surface area contributed by atoms with E-state index in [0.717, 1.165) is 33.6 Å². The summed E-state index contributed by atoms with van der Waals surface area (Å²) in [7, 11) is 0. The van der Waals surface area contributed by atoms with Gasteiger partial charge in [-0.25, -0.2) is 9.67 Å². The van der Waals surface area contributed by atoms with E-state index in [1.54, 1.807) is 0 Å². The zero-order chi connectivity index (χ0) is 14.1. The van der Waals surface area contributed by atoms with Gasteiger partial charge in [0.25, 0.3) is 0 Å². The summed E-state index contributed by atoms with van der Waals surface area (Å²) in [6, 6.07) is 6.12. The van der Waals surface area contributed by atoms with Crippen molar-refractivity contribution in [1.82, 2.24) is 19.2 Å². The molecular weight excluding hydrogens is 365 g/mol. The molecule has 0 aliphatic rings. The van der Waals surface area contributed by atoms with Crippen molar-refractivity contribution in [1.29, 1.82) is 0 Å². The Morgan fingerprint density at radius 1 is 1.40 bits per heavy atom. The van der Waals surface area contributed by atoms with Gasteiger partial charge in [-0.1, -0.05) is 13.0 Å². The van der Waals surface area contributed by atoms with Gasteiger partial charge < -0.3 is 10.1 Å². The minimum atomic E-state index is 0.128. The number of nitrogens with zero attached hydrogens (tertiary/aromatic N) is 4. The van der Waals surface area contributed by atoms with Gasteiger partial charge in [-0.3, -0.25) is 0 Å². The maximum Gasteiger partial charge on any atom is 0.175 e. The van der Waals surface area contributed by atoms with Gasteiger partial charge in [0.1, 0.15) is 5.65 Å². The number of pyridine rings is 1. The Morgan fingerprint density at radius 3 is 2.95 bits per heavy atom. The molecule has 3 rings (SSSR count). The van der Waals surface area contributed by atoms with Crippen LogP contribution in [0.3, 0.4) is 0 Å². The molecule has 0 amide bonds. The SMILES string of the molecule is CCC(N)Cc1c(-n2cc(I)cn2)nc2ccccn12. The van der Waals surface area contributed by atoms with Crippen molar-refractivity contribution in [3.63, 3.8) is 0 Å². The summed E-state index contributed by atoms with van der Waals surface area (Å²) in [6.07, 6.45) is 7.55. The van der Waals surface area contributed by atoms with Crippen LogP contribution in [0.25, 0.3) is 11.5 Å². The van der Waals surface area contributed by atoms with Gasteiger partial charge in [-0.15, -0.1) is 0 Å². The molecule has 104 valence electrons. The summed E-state index contributed by atoms with van der Waals surface area (Å²) in [4.78, 5) is 4.69. The molecule has 0 saturated carbocycles. The lowest BCUT2D eigenvalue weighted by Crippen LogP contribution is -2.23. The summed E-state index contributed by atoms with van der Waals surface area (Å²) in [5, 5.41) is 4.37. The highest BCUT2D eigenvalue weighted by Gasteiger charge is 2.16. The Kier molecular flexibility index (Phi) is 3.75. The number of hydrogen-bond acceptors (Lipinski definition) is 3. The lowest BCUT2D eigenvalue weighted by Gasteiger charge is -2.10. The second-order valence-electron chi connectivity index (χ2n) is 4.79. The number of aromatic nitrogens is 4. The zero-order valence-corrected chi connectivity index (χ0v) is 13.4. The first kappa shape index (κ1) is 13.6. The van der Waals surface area contributed by atoms with Crippen LogP contribution in [0.4, 0.5) is 0 Å². The molecule has 1 unspecified atom stereocenters. The maximum absolute atomic E-state index is 6.14. The monoisotopic (exact) mass is 381 g/mol. The van der Waals surface area contributed by atoms with Gasteiger partial charge in [-0.05, 0) is 41.1 Å². The molecule has 3 aromatic rings. The van der Waals surface area contributed by atoms with Crippen LogP contribution >= 0.6 is 22.6 Å². The Bertz CT molecular complexity index is 730. The third kappa shape index (κ3) is 2.45. The Hall–Kier alpha value is -1.41. The summed E-state index contributed by atoms with van der Waals surface area (Å²) >= 11 is 2.25. The van der Waals surface area contributed by atoms with Crippen LogP contribution in [0.5, 0.6) is 0 Å². The summed E-state index contributed by atoms with van der Waals surface area (Å²) < 4.78 is 5.01. The molecule has 3 heterocycles. The predicted octanol–water partition coefficient (Wildman–Crippen LogP) is 2.40. The zero-order valence-electron chi connectivity index (χ0n) is 11.2. The van der Waals surface area contributed by atoms with Crippen molar-refractivity contribution in [3.8, 4) is 5.82 Å². The molecule has 0 aliphatic carbocycles. The van der Waals surface area contributed by atoms with Crippen LogP contribution in [-0.2, 0) is 6.42 Å². The molecule has 0 bridgehead atoms. The Balaban J connectivity index is 2.17. The minimum absolute atomic E-state index is 0.128. The first-order valence-electron chi connectivity index (χ1n) is 6.61. The normalized spacial score (nSPS) is 12.9. The van der Waals surface area contributed by atoms with Crippen LogP contribution < -0.4 is 5.73 Å². The lowest BCUT2D eigenvalue weighted by atomic mass is 10.1. The molecule has 0 fully saturated rings. The smallest absolute Gasteiger partial charge is 0.175 e. The van der Waals surface area contributed by atoms with E-state index in [4.69, 9.17) is 5.73 Å². The number of nitrogens with two attached hydrogens (primary N) is 1. The van der Waals surface area contributed by atoms with Crippen molar-refractivity contribution in [2.45, 2.75) is 25.8 Å². The fraction of sp³-hybridized carbons (Fsp3) is 0.286. The molecule has 0 spiro atoms. The maximum atomic E-state index is 6.14. The predicted molar refractivity (Wildman–Crippen MR) is 87.0 cm³/mol. The second-order valence-corrected chi connectivity index (χ2v) is 6.03. The molecule has 0 saturated heterocycles. The van der Waals surface area contributed by atoms with Gasteiger partial charge in [-0.2, -0.15) is 5.10 Å². The van der Waals surface area contributed by atoms with Crippen LogP contribution in [0.2, 0.25) is 0 Å². The van der Waals surface area contributed by atoms with Gasteiger partial charge in [0.2, 0.25) is 0 Å². The van der Waals surface area contributed by atoms with E-state index < -0.39 is 0 Å². The van der Waals surface area contributed by atoms with Crippen molar-refractivity contribution in [3.05, 3.63) is 46.1 Å². The van der Waals surface area contributed by atoms with Crippen molar-refractivity contribution in [2.75, 3.05) is 0 Å². The van der Waals surface area contributed by atoms with Crippen molar-refractivity contribution < 1.29 is 0 Å². The van der Waals surface area contributed by atoms with Gasteiger partial charge >= 0.3 is 0 Å². The largest absolute Gasteiger partial charge is 0.327 e. The number of rotatable bonds is 4. The van der Waals surface area contributed by atoms with Crippen LogP contribution in [-0.4, -0.2) is 25.2 Å². The molecule has 2 N–H and O–H groups in total. The highest BCUT2D eigenvalue weighted by Crippen LogP contribution is 2.19. The van der Waals surface area contributed by atoms with Gasteiger partial charge in [0.05, 0.1) is 15.5 Å². The van der Waals surface area contributed by atoms with Crippen LogP contribution in [0.15, 0.2) is 36.8 Å². The number of hydrogen-bond donors (Lipinski definition) is 1. The number of imidazole rings is 1. The number of fused-ring (bicyclic) bond motifs is 1. The first-order chi connectivity index (χ1) is 9.69. The average molecular weight is 381 g/mol. The van der Waals surface area contributed by atoms with Crippen LogP contribution in [0, 0.1) is 3.57 Å². The standard InChI is InChI=1S/C14H16IN5/c1-2-11(16)7-12-14(20-9-10(15)8-17-20)18-13-5-3-4-6-19(12)13/h3-6,8-9,11H,2,7,16H2,1H3. The summed E-state index contributed by atoms with van der Waals surface area (Å²) in [5.74, 6) is 0.864. The summed E-state index contributed by atoms with van der Waals surface area (Å²) in [5.41, 5.74) is 8.16.